The molecule has 0 fully saturated rings. The Morgan fingerprint density at radius 2 is 2.19 bits per heavy atom. The summed E-state index contributed by atoms with van der Waals surface area (Å²) in [6, 6.07) is 5.52. The van der Waals surface area contributed by atoms with E-state index in [1.165, 1.54) is 0 Å². The van der Waals surface area contributed by atoms with E-state index >= 15 is 0 Å². The summed E-state index contributed by atoms with van der Waals surface area (Å²) in [5, 5.41) is 15.5. The molecule has 2 heterocycles. The first-order valence-electron chi connectivity index (χ1n) is 9.05. The van der Waals surface area contributed by atoms with Gasteiger partial charge in [0, 0.05) is 36.8 Å². The molecule has 3 rings (SSSR count). The average Bonchev–Trinajstić information content (AvgIpc) is 3.24. The molecule has 0 saturated heterocycles. The molecular weight excluding hydrogens is 344 g/mol. The largest absolute Gasteiger partial charge is 0.383 e. The van der Waals surface area contributed by atoms with Crippen LogP contribution >= 0.6 is 0 Å². The Balaban J connectivity index is 1.83. The number of benzene rings is 1. The summed E-state index contributed by atoms with van der Waals surface area (Å²) in [5.74, 6) is 0. The molecule has 0 saturated carbocycles. The lowest BCUT2D eigenvalue weighted by Gasteiger charge is -2.23. The number of carbonyl (C=O) groups excluding carboxylic acids is 1. The fourth-order valence-electron chi connectivity index (χ4n) is 3.18. The molecule has 1 aromatic carbocycles. The van der Waals surface area contributed by atoms with Gasteiger partial charge in [0.05, 0.1) is 36.2 Å². The maximum atomic E-state index is 13.0. The van der Waals surface area contributed by atoms with Crippen molar-refractivity contribution in [3.63, 3.8) is 0 Å². The van der Waals surface area contributed by atoms with Gasteiger partial charge in [-0.25, -0.2) is 4.79 Å². The molecule has 8 nitrogen and oxygen atoms in total. The number of fused-ring (bicyclic) bond motifs is 1. The van der Waals surface area contributed by atoms with Crippen molar-refractivity contribution in [2.75, 3.05) is 25.6 Å². The van der Waals surface area contributed by atoms with Crippen LogP contribution in [0.5, 0.6) is 0 Å². The zero-order valence-corrected chi connectivity index (χ0v) is 16.2. The number of methoxy groups -OCH3 is 1. The molecule has 0 aliphatic rings. The number of hydrogen-bond donors (Lipinski definition) is 2. The predicted molar refractivity (Wildman–Crippen MR) is 105 cm³/mol. The Morgan fingerprint density at radius 1 is 1.37 bits per heavy atom. The van der Waals surface area contributed by atoms with Crippen LogP contribution in [0.15, 0.2) is 24.4 Å². The third-order valence-electron chi connectivity index (χ3n) is 4.75. The lowest BCUT2D eigenvalue weighted by atomic mass is 10.2. The summed E-state index contributed by atoms with van der Waals surface area (Å²) in [6.07, 6.45) is 1.74. The number of anilines is 1. The molecule has 27 heavy (non-hydrogen) atoms. The lowest BCUT2D eigenvalue weighted by Crippen LogP contribution is -2.37. The van der Waals surface area contributed by atoms with Gasteiger partial charge >= 0.3 is 6.03 Å². The summed E-state index contributed by atoms with van der Waals surface area (Å²) in [5.41, 5.74) is 4.61. The highest BCUT2D eigenvalue weighted by atomic mass is 16.5. The number of urea groups is 1. The highest BCUT2D eigenvalue weighted by Crippen LogP contribution is 2.22. The summed E-state index contributed by atoms with van der Waals surface area (Å²) in [6.45, 7) is 8.30. The number of ether oxygens (including phenoxy) is 1. The minimum absolute atomic E-state index is 0.183. The first-order valence-corrected chi connectivity index (χ1v) is 9.05. The topological polar surface area (TPSA) is 88.1 Å². The Bertz CT molecular complexity index is 930. The smallest absolute Gasteiger partial charge is 0.322 e. The summed E-state index contributed by atoms with van der Waals surface area (Å²) < 4.78 is 7.16. The van der Waals surface area contributed by atoms with Crippen molar-refractivity contribution >= 4 is 22.6 Å². The van der Waals surface area contributed by atoms with E-state index < -0.39 is 0 Å². The van der Waals surface area contributed by atoms with E-state index in [4.69, 9.17) is 4.74 Å². The number of hydrogen-bond acceptors (Lipinski definition) is 4. The van der Waals surface area contributed by atoms with Crippen LogP contribution in [0.4, 0.5) is 10.5 Å². The number of amides is 2. The van der Waals surface area contributed by atoms with Gasteiger partial charge in [-0.15, -0.1) is 0 Å². The molecule has 144 valence electrons. The minimum Gasteiger partial charge on any atom is -0.383 e. The first kappa shape index (κ1) is 18.9. The van der Waals surface area contributed by atoms with Gasteiger partial charge in [-0.1, -0.05) is 12.1 Å². The number of rotatable bonds is 7. The summed E-state index contributed by atoms with van der Waals surface area (Å²) >= 11 is 0. The third-order valence-corrected chi connectivity index (χ3v) is 4.75. The predicted octanol–water partition coefficient (Wildman–Crippen LogP) is 3.08. The maximum Gasteiger partial charge on any atom is 0.322 e. The van der Waals surface area contributed by atoms with Gasteiger partial charge in [-0.05, 0) is 26.8 Å². The fourth-order valence-corrected chi connectivity index (χ4v) is 3.18. The molecule has 2 amide bonds. The Labute approximate surface area is 158 Å². The van der Waals surface area contributed by atoms with Gasteiger partial charge in [0.15, 0.2) is 0 Å². The monoisotopic (exact) mass is 370 g/mol. The molecule has 0 radical (unpaired) electrons. The number of nitrogens with one attached hydrogen (secondary N) is 2. The van der Waals surface area contributed by atoms with E-state index in [9.17, 15) is 4.79 Å². The second-order valence-electron chi connectivity index (χ2n) is 6.45. The second kappa shape index (κ2) is 8.22. The van der Waals surface area contributed by atoms with Gasteiger partial charge in [0.25, 0.3) is 0 Å². The third kappa shape index (κ3) is 3.95. The van der Waals surface area contributed by atoms with Crippen molar-refractivity contribution in [3.05, 3.63) is 41.3 Å². The van der Waals surface area contributed by atoms with Crippen molar-refractivity contribution in [2.45, 2.75) is 33.9 Å². The number of H-pyrrole nitrogens is 1. The van der Waals surface area contributed by atoms with Crippen LogP contribution in [0.2, 0.25) is 0 Å². The number of para-hydroxylation sites is 1. The quantitative estimate of drug-likeness (QED) is 0.669. The zero-order chi connectivity index (χ0) is 19.4. The van der Waals surface area contributed by atoms with Crippen LogP contribution in [-0.2, 0) is 17.8 Å². The maximum absolute atomic E-state index is 13.0. The van der Waals surface area contributed by atoms with Gasteiger partial charge in [-0.3, -0.25) is 9.78 Å². The molecule has 8 heteroatoms. The molecule has 0 unspecified atom stereocenters. The van der Waals surface area contributed by atoms with Crippen LogP contribution < -0.4 is 5.32 Å². The molecule has 0 spiro atoms. The zero-order valence-electron chi connectivity index (χ0n) is 16.2. The van der Waals surface area contributed by atoms with Crippen LogP contribution in [0.3, 0.4) is 0 Å². The van der Waals surface area contributed by atoms with Gasteiger partial charge in [0.2, 0.25) is 0 Å². The summed E-state index contributed by atoms with van der Waals surface area (Å²) in [7, 11) is 1.63. The van der Waals surface area contributed by atoms with Crippen LogP contribution in [-0.4, -0.2) is 51.2 Å². The highest BCUT2D eigenvalue weighted by Gasteiger charge is 2.20. The van der Waals surface area contributed by atoms with Crippen molar-refractivity contribution in [1.82, 2.24) is 24.9 Å². The van der Waals surface area contributed by atoms with E-state index in [1.807, 2.05) is 36.7 Å². The Hall–Kier alpha value is -2.87. The SMILES string of the molecule is CCn1nc(C)c(CN(CCOC)C(=O)Nc2cccc3cn[nH]c23)c1C. The van der Waals surface area contributed by atoms with Crippen LogP contribution in [0.25, 0.3) is 10.9 Å². The second-order valence-corrected chi connectivity index (χ2v) is 6.45. The van der Waals surface area contributed by atoms with E-state index in [-0.39, 0.29) is 6.03 Å². The standard InChI is InChI=1S/C19H26N6O2/c1-5-25-14(3)16(13(2)23-25)12-24(9-10-27-4)19(26)21-17-8-6-7-15-11-20-22-18(15)17/h6-8,11H,5,9-10,12H2,1-4H3,(H,20,22)(H,21,26). The average molecular weight is 370 g/mol. The van der Waals surface area contributed by atoms with Gasteiger partial charge in [0.1, 0.15) is 0 Å². The van der Waals surface area contributed by atoms with Crippen LogP contribution in [0, 0.1) is 13.8 Å². The molecule has 0 atom stereocenters. The number of aryl methyl sites for hydroxylation is 2. The van der Waals surface area contributed by atoms with Gasteiger partial charge in [-0.2, -0.15) is 10.2 Å². The normalized spacial score (nSPS) is 11.1. The fraction of sp³-hybridized carbons (Fsp3) is 0.421. The summed E-state index contributed by atoms with van der Waals surface area (Å²) in [4.78, 5) is 14.7. The van der Waals surface area contributed by atoms with E-state index in [0.29, 0.717) is 25.4 Å². The Kier molecular flexibility index (Phi) is 5.75. The van der Waals surface area contributed by atoms with E-state index in [2.05, 4.69) is 27.5 Å². The molecular formula is C19H26N6O2. The number of nitrogens with zero attached hydrogens (tertiary/aromatic N) is 4. The van der Waals surface area contributed by atoms with Crippen molar-refractivity contribution in [2.24, 2.45) is 0 Å². The minimum atomic E-state index is -0.183. The van der Waals surface area contributed by atoms with Crippen molar-refractivity contribution < 1.29 is 9.53 Å². The molecule has 3 aromatic rings. The lowest BCUT2D eigenvalue weighted by molar-refractivity contribution is 0.152. The molecule has 0 aliphatic heterocycles. The molecule has 2 aromatic heterocycles. The van der Waals surface area contributed by atoms with E-state index in [1.54, 1.807) is 18.2 Å². The van der Waals surface area contributed by atoms with E-state index in [0.717, 1.165) is 34.4 Å². The number of aromatic amines is 1. The Morgan fingerprint density at radius 3 is 2.89 bits per heavy atom. The number of carbonyl (C=O) groups is 1. The molecule has 0 aliphatic carbocycles. The highest BCUT2D eigenvalue weighted by molar-refractivity contribution is 5.99. The molecule has 0 bridgehead atoms. The molecule has 2 N–H and O–H groups in total. The van der Waals surface area contributed by atoms with Crippen molar-refractivity contribution in [3.8, 4) is 0 Å². The first-order chi connectivity index (χ1) is 13.0. The van der Waals surface area contributed by atoms with Gasteiger partial charge < -0.3 is 15.0 Å². The number of aromatic nitrogens is 4. The van der Waals surface area contributed by atoms with Crippen LogP contribution in [0.1, 0.15) is 23.9 Å². The van der Waals surface area contributed by atoms with Crippen molar-refractivity contribution in [1.29, 1.82) is 0 Å².